The highest BCUT2D eigenvalue weighted by Gasteiger charge is 2.26. The molecule has 1 aliphatic rings. The number of carbonyl (C=O) groups excluding carboxylic acids is 1. The Morgan fingerprint density at radius 2 is 2.24 bits per heavy atom. The van der Waals surface area contributed by atoms with Crippen LogP contribution in [0.2, 0.25) is 0 Å². The molecule has 94 valence electrons. The largest absolute Gasteiger partial charge is 0.348 e. The summed E-state index contributed by atoms with van der Waals surface area (Å²) in [5, 5.41) is 6.08. The van der Waals surface area contributed by atoms with Gasteiger partial charge < -0.3 is 5.32 Å². The first-order valence-corrected chi connectivity index (χ1v) is 8.61. The second kappa shape index (κ2) is 6.34. The zero-order valence-electron chi connectivity index (χ0n) is 9.42. The van der Waals surface area contributed by atoms with Gasteiger partial charge in [-0.05, 0) is 46.1 Å². The molecule has 1 fully saturated rings. The van der Waals surface area contributed by atoms with Crippen molar-refractivity contribution in [2.24, 2.45) is 5.92 Å². The molecule has 5 heteroatoms. The Morgan fingerprint density at radius 3 is 2.88 bits per heavy atom. The van der Waals surface area contributed by atoms with Gasteiger partial charge in [0.25, 0.3) is 5.91 Å². The summed E-state index contributed by atoms with van der Waals surface area (Å²) < 4.78 is 0.895. The van der Waals surface area contributed by atoms with E-state index in [0.717, 1.165) is 21.1 Å². The lowest BCUT2D eigenvalue weighted by Crippen LogP contribution is -2.42. The van der Waals surface area contributed by atoms with Crippen molar-refractivity contribution in [3.8, 4) is 0 Å². The number of alkyl halides is 1. The zero-order valence-corrected chi connectivity index (χ0v) is 13.4. The number of nitrogens with one attached hydrogen (secondary N) is 1. The van der Waals surface area contributed by atoms with Gasteiger partial charge in [-0.15, -0.1) is 11.3 Å². The Labute approximate surface area is 122 Å². The second-order valence-corrected chi connectivity index (χ2v) is 6.79. The predicted octanol–water partition coefficient (Wildman–Crippen LogP) is 4.19. The van der Waals surface area contributed by atoms with Gasteiger partial charge in [-0.25, -0.2) is 0 Å². The summed E-state index contributed by atoms with van der Waals surface area (Å²) in [7, 11) is 0. The molecular formula is C12H15Br2NOS. The highest BCUT2D eigenvalue weighted by molar-refractivity contribution is 9.10. The zero-order chi connectivity index (χ0) is 12.3. The fourth-order valence-corrected chi connectivity index (χ4v) is 4.50. The van der Waals surface area contributed by atoms with Gasteiger partial charge in [-0.1, -0.05) is 28.8 Å². The van der Waals surface area contributed by atoms with Crippen LogP contribution in [-0.4, -0.2) is 17.3 Å². The van der Waals surface area contributed by atoms with Crippen molar-refractivity contribution in [2.45, 2.75) is 31.7 Å². The van der Waals surface area contributed by atoms with E-state index in [9.17, 15) is 4.79 Å². The van der Waals surface area contributed by atoms with Gasteiger partial charge >= 0.3 is 0 Å². The number of halogens is 2. The maximum atomic E-state index is 12.1. The van der Waals surface area contributed by atoms with Crippen LogP contribution in [0.15, 0.2) is 15.9 Å². The molecule has 2 atom stereocenters. The van der Waals surface area contributed by atoms with Gasteiger partial charge in [-0.2, -0.15) is 0 Å². The Balaban J connectivity index is 2.00. The topological polar surface area (TPSA) is 29.1 Å². The first-order chi connectivity index (χ1) is 8.22. The molecule has 1 saturated carbocycles. The number of hydrogen-bond donors (Lipinski definition) is 1. The van der Waals surface area contributed by atoms with E-state index in [-0.39, 0.29) is 5.91 Å². The van der Waals surface area contributed by atoms with Crippen molar-refractivity contribution in [2.75, 3.05) is 5.33 Å². The Morgan fingerprint density at radius 1 is 1.47 bits per heavy atom. The molecule has 1 aliphatic carbocycles. The second-order valence-electron chi connectivity index (χ2n) is 4.38. The van der Waals surface area contributed by atoms with Gasteiger partial charge in [0.2, 0.25) is 0 Å². The van der Waals surface area contributed by atoms with Crippen LogP contribution in [0.5, 0.6) is 0 Å². The van der Waals surface area contributed by atoms with Crippen LogP contribution in [0.25, 0.3) is 0 Å². The first-order valence-electron chi connectivity index (χ1n) is 5.82. The number of thiophene rings is 1. The standard InChI is InChI=1S/C12H15Br2NOS/c13-7-8-3-1-2-4-10(8)15-12(16)11-9(14)5-6-17-11/h5-6,8,10H,1-4,7H2,(H,15,16). The fourth-order valence-electron chi connectivity index (χ4n) is 2.27. The maximum Gasteiger partial charge on any atom is 0.262 e. The van der Waals surface area contributed by atoms with E-state index in [2.05, 4.69) is 37.2 Å². The molecule has 17 heavy (non-hydrogen) atoms. The molecule has 0 spiro atoms. The van der Waals surface area contributed by atoms with Gasteiger partial charge in [0, 0.05) is 15.8 Å². The third-order valence-corrected chi connectivity index (χ3v) is 5.92. The van der Waals surface area contributed by atoms with Crippen LogP contribution >= 0.6 is 43.2 Å². The summed E-state index contributed by atoms with van der Waals surface area (Å²) in [6, 6.07) is 2.24. The number of rotatable bonds is 3. The van der Waals surface area contributed by atoms with E-state index in [4.69, 9.17) is 0 Å². The normalized spacial score (nSPS) is 24.6. The van der Waals surface area contributed by atoms with E-state index in [1.165, 1.54) is 30.6 Å². The van der Waals surface area contributed by atoms with E-state index in [1.807, 2.05) is 11.4 Å². The van der Waals surface area contributed by atoms with Crippen molar-refractivity contribution >= 4 is 49.1 Å². The molecule has 1 heterocycles. The Hall–Kier alpha value is 0.130. The number of hydrogen-bond acceptors (Lipinski definition) is 2. The lowest BCUT2D eigenvalue weighted by Gasteiger charge is -2.30. The predicted molar refractivity (Wildman–Crippen MR) is 79.0 cm³/mol. The van der Waals surface area contributed by atoms with Crippen molar-refractivity contribution in [3.05, 3.63) is 20.8 Å². The minimum atomic E-state index is 0.0599. The Bertz CT molecular complexity index is 394. The van der Waals surface area contributed by atoms with Gasteiger partial charge in [0.15, 0.2) is 0 Å². The van der Waals surface area contributed by atoms with Crippen LogP contribution in [0, 0.1) is 5.92 Å². The lowest BCUT2D eigenvalue weighted by atomic mass is 9.86. The van der Waals surface area contributed by atoms with E-state index >= 15 is 0 Å². The highest BCUT2D eigenvalue weighted by Crippen LogP contribution is 2.27. The van der Waals surface area contributed by atoms with Crippen molar-refractivity contribution in [1.82, 2.24) is 5.32 Å². The van der Waals surface area contributed by atoms with Crippen molar-refractivity contribution < 1.29 is 4.79 Å². The molecule has 0 bridgehead atoms. The Kier molecular flexibility index (Phi) is 5.06. The minimum absolute atomic E-state index is 0.0599. The smallest absolute Gasteiger partial charge is 0.262 e. The maximum absolute atomic E-state index is 12.1. The fraction of sp³-hybridized carbons (Fsp3) is 0.583. The molecular weight excluding hydrogens is 366 g/mol. The third-order valence-electron chi connectivity index (χ3n) is 3.25. The molecule has 0 aliphatic heterocycles. The van der Waals surface area contributed by atoms with Crippen LogP contribution in [-0.2, 0) is 0 Å². The monoisotopic (exact) mass is 379 g/mol. The van der Waals surface area contributed by atoms with E-state index in [0.29, 0.717) is 12.0 Å². The molecule has 2 rings (SSSR count). The summed E-state index contributed by atoms with van der Waals surface area (Å²) >= 11 is 8.44. The minimum Gasteiger partial charge on any atom is -0.348 e. The SMILES string of the molecule is O=C(NC1CCCCC1CBr)c1sccc1Br. The molecule has 0 saturated heterocycles. The average Bonchev–Trinajstić information content (AvgIpc) is 2.76. The lowest BCUT2D eigenvalue weighted by molar-refractivity contribution is 0.0915. The summed E-state index contributed by atoms with van der Waals surface area (Å²) in [6.07, 6.45) is 4.82. The van der Waals surface area contributed by atoms with Crippen molar-refractivity contribution in [1.29, 1.82) is 0 Å². The van der Waals surface area contributed by atoms with Crippen LogP contribution in [0.3, 0.4) is 0 Å². The van der Waals surface area contributed by atoms with E-state index in [1.54, 1.807) is 0 Å². The van der Waals surface area contributed by atoms with Crippen LogP contribution in [0.4, 0.5) is 0 Å². The number of carbonyl (C=O) groups is 1. The number of amides is 1. The molecule has 0 radical (unpaired) electrons. The summed E-state index contributed by atoms with van der Waals surface area (Å²) in [4.78, 5) is 12.9. The summed E-state index contributed by atoms with van der Waals surface area (Å²) in [6.45, 7) is 0. The highest BCUT2D eigenvalue weighted by atomic mass is 79.9. The van der Waals surface area contributed by atoms with Crippen molar-refractivity contribution in [3.63, 3.8) is 0 Å². The molecule has 1 N–H and O–H groups in total. The van der Waals surface area contributed by atoms with Gasteiger partial charge in [0.1, 0.15) is 4.88 Å². The van der Waals surface area contributed by atoms with Gasteiger partial charge in [0.05, 0.1) is 0 Å². The molecule has 1 aromatic rings. The molecule has 2 nitrogen and oxygen atoms in total. The molecule has 1 amide bonds. The average molecular weight is 381 g/mol. The first kappa shape index (κ1) is 13.6. The molecule has 1 aromatic heterocycles. The molecule has 0 aromatic carbocycles. The quantitative estimate of drug-likeness (QED) is 0.782. The third kappa shape index (κ3) is 3.32. The van der Waals surface area contributed by atoms with Gasteiger partial charge in [-0.3, -0.25) is 4.79 Å². The summed E-state index contributed by atoms with van der Waals surface area (Å²) in [5.41, 5.74) is 0. The van der Waals surface area contributed by atoms with Crippen LogP contribution < -0.4 is 5.32 Å². The van der Waals surface area contributed by atoms with Crippen LogP contribution in [0.1, 0.15) is 35.4 Å². The summed E-state index contributed by atoms with van der Waals surface area (Å²) in [5.74, 6) is 0.635. The van der Waals surface area contributed by atoms with E-state index < -0.39 is 0 Å². The molecule has 2 unspecified atom stereocenters.